The van der Waals surface area contributed by atoms with Crippen LogP contribution < -0.4 is 20.1 Å². The number of aliphatic hydroxyl groups is 1. The number of hydrogen-bond donors (Lipinski definition) is 3. The SMILES string of the molecule is CC=C(C)Oc1ccc(C(=O)NC(Cc2ccc(OC(F)(F)F)cc2)C(=O)NCCO)cc1. The zero-order valence-electron chi connectivity index (χ0n) is 18.1. The first-order valence-electron chi connectivity index (χ1n) is 10.1. The molecule has 0 heterocycles. The van der Waals surface area contributed by atoms with Crippen molar-refractivity contribution in [2.75, 3.05) is 13.2 Å². The van der Waals surface area contributed by atoms with Crippen LogP contribution in [0.2, 0.25) is 0 Å². The number of amides is 2. The highest BCUT2D eigenvalue weighted by Gasteiger charge is 2.31. The minimum atomic E-state index is -4.81. The van der Waals surface area contributed by atoms with Gasteiger partial charge in [-0.1, -0.05) is 12.1 Å². The Morgan fingerprint density at radius 2 is 1.67 bits per heavy atom. The topological polar surface area (TPSA) is 96.9 Å². The van der Waals surface area contributed by atoms with Gasteiger partial charge in [0.1, 0.15) is 17.5 Å². The van der Waals surface area contributed by atoms with E-state index in [4.69, 9.17) is 9.84 Å². The van der Waals surface area contributed by atoms with Crippen molar-refractivity contribution in [3.8, 4) is 11.5 Å². The van der Waals surface area contributed by atoms with Gasteiger partial charge < -0.3 is 25.2 Å². The van der Waals surface area contributed by atoms with Crippen molar-refractivity contribution in [1.29, 1.82) is 0 Å². The number of alkyl halides is 3. The normalized spacial score (nSPS) is 12.6. The van der Waals surface area contributed by atoms with Crippen LogP contribution in [-0.4, -0.2) is 42.5 Å². The fraction of sp³-hybridized carbons (Fsp3) is 0.304. The summed E-state index contributed by atoms with van der Waals surface area (Å²) in [6.45, 7) is 3.32. The minimum absolute atomic E-state index is 0.0109. The number of nitrogens with one attached hydrogen (secondary N) is 2. The summed E-state index contributed by atoms with van der Waals surface area (Å²) in [6.07, 6.45) is -3.01. The van der Waals surface area contributed by atoms with Crippen LogP contribution in [0.4, 0.5) is 13.2 Å². The molecule has 2 amide bonds. The van der Waals surface area contributed by atoms with Crippen molar-refractivity contribution in [3.05, 3.63) is 71.5 Å². The summed E-state index contributed by atoms with van der Waals surface area (Å²) in [6, 6.07) is 10.3. The first-order chi connectivity index (χ1) is 15.6. The second-order valence-corrected chi connectivity index (χ2v) is 6.96. The maximum atomic E-state index is 12.7. The van der Waals surface area contributed by atoms with Gasteiger partial charge in [0.25, 0.3) is 5.91 Å². The van der Waals surface area contributed by atoms with Crippen LogP contribution in [0.5, 0.6) is 11.5 Å². The summed E-state index contributed by atoms with van der Waals surface area (Å²) in [7, 11) is 0. The Morgan fingerprint density at radius 1 is 1.06 bits per heavy atom. The molecule has 0 aliphatic carbocycles. The van der Waals surface area contributed by atoms with E-state index in [0.717, 1.165) is 12.1 Å². The lowest BCUT2D eigenvalue weighted by Gasteiger charge is -2.19. The van der Waals surface area contributed by atoms with E-state index in [1.54, 1.807) is 37.3 Å². The lowest BCUT2D eigenvalue weighted by Crippen LogP contribution is -2.48. The molecule has 0 aliphatic heterocycles. The van der Waals surface area contributed by atoms with Crippen LogP contribution in [0.15, 0.2) is 60.4 Å². The van der Waals surface area contributed by atoms with E-state index in [-0.39, 0.29) is 25.1 Å². The minimum Gasteiger partial charge on any atom is -0.462 e. The molecule has 0 fully saturated rings. The predicted octanol–water partition coefficient (Wildman–Crippen LogP) is 3.34. The molecule has 0 aliphatic rings. The van der Waals surface area contributed by atoms with Gasteiger partial charge in [-0.05, 0) is 61.9 Å². The van der Waals surface area contributed by atoms with Gasteiger partial charge in [0.05, 0.1) is 12.4 Å². The number of halogens is 3. The highest BCUT2D eigenvalue weighted by Crippen LogP contribution is 2.23. The zero-order valence-corrected chi connectivity index (χ0v) is 18.1. The molecule has 1 atom stereocenters. The fourth-order valence-electron chi connectivity index (χ4n) is 2.74. The summed E-state index contributed by atoms with van der Waals surface area (Å²) in [5, 5.41) is 14.1. The second kappa shape index (κ2) is 11.9. The molecule has 33 heavy (non-hydrogen) atoms. The molecule has 0 saturated heterocycles. The van der Waals surface area contributed by atoms with Gasteiger partial charge in [0, 0.05) is 18.5 Å². The number of carbonyl (C=O) groups excluding carboxylic acids is 2. The van der Waals surface area contributed by atoms with E-state index in [0.29, 0.717) is 17.1 Å². The maximum absolute atomic E-state index is 12.7. The Hall–Kier alpha value is -3.53. The molecule has 2 rings (SSSR count). The Balaban J connectivity index is 2.11. The van der Waals surface area contributed by atoms with E-state index in [1.165, 1.54) is 12.1 Å². The predicted molar refractivity (Wildman–Crippen MR) is 115 cm³/mol. The molecule has 0 spiro atoms. The third kappa shape index (κ3) is 8.85. The van der Waals surface area contributed by atoms with Gasteiger partial charge in [0.2, 0.25) is 5.91 Å². The zero-order chi connectivity index (χ0) is 24.4. The van der Waals surface area contributed by atoms with E-state index in [9.17, 15) is 22.8 Å². The van der Waals surface area contributed by atoms with E-state index < -0.39 is 30.0 Å². The molecule has 2 aromatic rings. The molecule has 0 saturated carbocycles. The van der Waals surface area contributed by atoms with Gasteiger partial charge in [-0.15, -0.1) is 13.2 Å². The Bertz CT molecular complexity index is 958. The van der Waals surface area contributed by atoms with Crippen LogP contribution >= 0.6 is 0 Å². The number of carbonyl (C=O) groups is 2. The average Bonchev–Trinajstić information content (AvgIpc) is 2.77. The van der Waals surface area contributed by atoms with Crippen molar-refractivity contribution in [3.63, 3.8) is 0 Å². The first-order valence-corrected chi connectivity index (χ1v) is 10.1. The number of benzene rings is 2. The molecule has 1 unspecified atom stereocenters. The molecule has 178 valence electrons. The van der Waals surface area contributed by atoms with Gasteiger partial charge in [-0.3, -0.25) is 9.59 Å². The highest BCUT2D eigenvalue weighted by molar-refractivity contribution is 5.97. The lowest BCUT2D eigenvalue weighted by atomic mass is 10.0. The summed E-state index contributed by atoms with van der Waals surface area (Å²) in [5.74, 6) is -0.228. The smallest absolute Gasteiger partial charge is 0.462 e. The molecule has 7 nitrogen and oxygen atoms in total. The Kier molecular flexibility index (Phi) is 9.29. The van der Waals surface area contributed by atoms with E-state index >= 15 is 0 Å². The van der Waals surface area contributed by atoms with Crippen LogP contribution in [0.1, 0.15) is 29.8 Å². The summed E-state index contributed by atoms with van der Waals surface area (Å²) in [5.41, 5.74) is 0.786. The van der Waals surface area contributed by atoms with E-state index in [2.05, 4.69) is 15.4 Å². The number of allylic oxidation sites excluding steroid dienone is 2. The van der Waals surface area contributed by atoms with Gasteiger partial charge >= 0.3 is 6.36 Å². The van der Waals surface area contributed by atoms with Crippen molar-refractivity contribution in [2.45, 2.75) is 32.7 Å². The molecule has 0 aromatic heterocycles. The third-order valence-corrected chi connectivity index (χ3v) is 4.43. The van der Waals surface area contributed by atoms with E-state index in [1.807, 2.05) is 6.92 Å². The molecule has 0 radical (unpaired) electrons. The molecule has 3 N–H and O–H groups in total. The van der Waals surface area contributed by atoms with Gasteiger partial charge in [0.15, 0.2) is 0 Å². The maximum Gasteiger partial charge on any atom is 0.573 e. The third-order valence-electron chi connectivity index (χ3n) is 4.43. The number of ether oxygens (including phenoxy) is 2. The number of rotatable bonds is 10. The Morgan fingerprint density at radius 3 is 2.21 bits per heavy atom. The Labute approximate surface area is 189 Å². The standard InChI is InChI=1S/C23H25F3N2O5/c1-3-15(2)32-18-10-6-17(7-11-18)21(30)28-20(22(31)27-12-13-29)14-16-4-8-19(9-5-16)33-23(24,25)26/h3-11,20,29H,12-14H2,1-2H3,(H,27,31)(H,28,30). The molecule has 2 aromatic carbocycles. The quantitative estimate of drug-likeness (QED) is 0.467. The number of aliphatic hydroxyl groups excluding tert-OH is 1. The van der Waals surface area contributed by atoms with Crippen LogP contribution in [-0.2, 0) is 11.2 Å². The monoisotopic (exact) mass is 466 g/mol. The van der Waals surface area contributed by atoms with Crippen molar-refractivity contribution >= 4 is 11.8 Å². The van der Waals surface area contributed by atoms with Crippen LogP contribution in [0.25, 0.3) is 0 Å². The lowest BCUT2D eigenvalue weighted by molar-refractivity contribution is -0.274. The molecule has 0 bridgehead atoms. The molecular formula is C23H25F3N2O5. The van der Waals surface area contributed by atoms with Crippen molar-refractivity contribution in [2.24, 2.45) is 0 Å². The van der Waals surface area contributed by atoms with Crippen LogP contribution in [0.3, 0.4) is 0 Å². The van der Waals surface area contributed by atoms with Crippen molar-refractivity contribution in [1.82, 2.24) is 10.6 Å². The number of hydrogen-bond acceptors (Lipinski definition) is 5. The highest BCUT2D eigenvalue weighted by atomic mass is 19.4. The summed E-state index contributed by atoms with van der Waals surface area (Å²) in [4.78, 5) is 25.2. The fourth-order valence-corrected chi connectivity index (χ4v) is 2.74. The van der Waals surface area contributed by atoms with Crippen molar-refractivity contribution < 1.29 is 37.3 Å². The average molecular weight is 466 g/mol. The van der Waals surface area contributed by atoms with Gasteiger partial charge in [-0.2, -0.15) is 0 Å². The second-order valence-electron chi connectivity index (χ2n) is 6.96. The van der Waals surface area contributed by atoms with Crippen LogP contribution in [0, 0.1) is 0 Å². The summed E-state index contributed by atoms with van der Waals surface area (Å²) >= 11 is 0. The summed E-state index contributed by atoms with van der Waals surface area (Å²) < 4.78 is 46.4. The molecule has 10 heteroatoms. The van der Waals surface area contributed by atoms with Gasteiger partial charge in [-0.25, -0.2) is 0 Å². The molecular weight excluding hydrogens is 441 g/mol. The largest absolute Gasteiger partial charge is 0.573 e. The first kappa shape index (κ1) is 25.7.